The highest BCUT2D eigenvalue weighted by molar-refractivity contribution is 5.70. The maximum Gasteiger partial charge on any atom is 0.306 e. The summed E-state index contributed by atoms with van der Waals surface area (Å²) < 4.78 is 0. The van der Waals surface area contributed by atoms with Crippen LogP contribution in [-0.4, -0.2) is 11.1 Å². The topological polar surface area (TPSA) is 61.1 Å². The molecule has 2 atom stereocenters. The minimum Gasteiger partial charge on any atom is -0.481 e. The molecule has 100 valence electrons. The van der Waals surface area contributed by atoms with Gasteiger partial charge in [0.2, 0.25) is 0 Å². The van der Waals surface area contributed by atoms with Crippen LogP contribution in [0.25, 0.3) is 0 Å². The molecule has 0 amide bonds. The Morgan fingerprint density at radius 3 is 2.68 bits per heavy atom. The molecule has 1 N–H and O–H groups in total. The Morgan fingerprint density at radius 2 is 2.05 bits per heavy atom. The minimum absolute atomic E-state index is 0.139. The summed E-state index contributed by atoms with van der Waals surface area (Å²) in [6.07, 6.45) is 5.88. The van der Waals surface area contributed by atoms with Crippen molar-refractivity contribution < 1.29 is 9.90 Å². The van der Waals surface area contributed by atoms with E-state index in [0.717, 1.165) is 38.5 Å². The molecule has 19 heavy (non-hydrogen) atoms. The zero-order valence-corrected chi connectivity index (χ0v) is 11.0. The minimum atomic E-state index is -0.636. The van der Waals surface area contributed by atoms with Gasteiger partial charge in [0.25, 0.3) is 0 Å². The lowest BCUT2D eigenvalue weighted by Gasteiger charge is -2.26. The van der Waals surface area contributed by atoms with E-state index < -0.39 is 5.97 Å². The molecule has 0 spiro atoms. The molecule has 0 heterocycles. The van der Waals surface area contributed by atoms with E-state index in [-0.39, 0.29) is 5.92 Å². The Labute approximate surface area is 113 Å². The Bertz CT molecular complexity index is 473. The number of nitrogens with zero attached hydrogens (tertiary/aromatic N) is 1. The summed E-state index contributed by atoms with van der Waals surface area (Å²) >= 11 is 0. The third-order valence-electron chi connectivity index (χ3n) is 4.06. The van der Waals surface area contributed by atoms with Gasteiger partial charge in [-0.25, -0.2) is 0 Å². The Hall–Kier alpha value is -1.82. The van der Waals surface area contributed by atoms with E-state index in [9.17, 15) is 4.79 Å². The van der Waals surface area contributed by atoms with Crippen LogP contribution in [0.5, 0.6) is 0 Å². The van der Waals surface area contributed by atoms with Crippen LogP contribution in [0.1, 0.15) is 43.2 Å². The third kappa shape index (κ3) is 3.82. The second-order valence-electron chi connectivity index (χ2n) is 5.42. The molecule has 1 saturated carbocycles. The van der Waals surface area contributed by atoms with Crippen LogP contribution in [0.15, 0.2) is 24.3 Å². The van der Waals surface area contributed by atoms with Crippen molar-refractivity contribution in [3.8, 4) is 6.07 Å². The van der Waals surface area contributed by atoms with Crippen molar-refractivity contribution in [1.29, 1.82) is 5.26 Å². The van der Waals surface area contributed by atoms with E-state index in [1.54, 1.807) is 0 Å². The van der Waals surface area contributed by atoms with Gasteiger partial charge in [-0.3, -0.25) is 4.79 Å². The number of aryl methyl sites for hydroxylation is 1. The molecule has 3 heteroatoms. The summed E-state index contributed by atoms with van der Waals surface area (Å²) in [6.45, 7) is 0. The Morgan fingerprint density at radius 1 is 1.32 bits per heavy atom. The van der Waals surface area contributed by atoms with E-state index in [2.05, 4.69) is 6.07 Å². The van der Waals surface area contributed by atoms with Crippen molar-refractivity contribution in [3.05, 3.63) is 35.4 Å². The summed E-state index contributed by atoms with van der Waals surface area (Å²) in [6, 6.07) is 9.79. The Balaban J connectivity index is 1.84. The number of carbonyl (C=O) groups is 1. The molecule has 0 radical (unpaired) electrons. The van der Waals surface area contributed by atoms with Gasteiger partial charge >= 0.3 is 5.97 Å². The average molecular weight is 257 g/mol. The smallest absolute Gasteiger partial charge is 0.306 e. The van der Waals surface area contributed by atoms with Crippen LogP contribution in [0.4, 0.5) is 0 Å². The van der Waals surface area contributed by atoms with Crippen LogP contribution >= 0.6 is 0 Å². The van der Waals surface area contributed by atoms with E-state index in [1.807, 2.05) is 24.3 Å². The first kappa shape index (κ1) is 13.6. The summed E-state index contributed by atoms with van der Waals surface area (Å²) in [7, 11) is 0. The number of carboxylic acid groups (broad SMARTS) is 1. The lowest BCUT2D eigenvalue weighted by molar-refractivity contribution is -0.143. The van der Waals surface area contributed by atoms with Gasteiger partial charge in [-0.1, -0.05) is 25.0 Å². The molecule has 1 aliphatic rings. The Kier molecular flexibility index (Phi) is 4.57. The molecule has 0 unspecified atom stereocenters. The highest BCUT2D eigenvalue weighted by Crippen LogP contribution is 2.32. The number of rotatable bonds is 4. The maximum atomic E-state index is 11.0. The number of carboxylic acids is 1. The first-order valence-electron chi connectivity index (χ1n) is 6.91. The molecule has 1 fully saturated rings. The van der Waals surface area contributed by atoms with Gasteiger partial charge < -0.3 is 5.11 Å². The van der Waals surface area contributed by atoms with E-state index >= 15 is 0 Å². The van der Waals surface area contributed by atoms with Crippen LogP contribution in [0.2, 0.25) is 0 Å². The number of hydrogen-bond acceptors (Lipinski definition) is 2. The third-order valence-corrected chi connectivity index (χ3v) is 4.06. The fraction of sp³-hybridized carbons (Fsp3) is 0.500. The molecule has 3 nitrogen and oxygen atoms in total. The standard InChI is InChI=1S/C16H19NO2/c17-11-14-8-5-12(6-9-14)4-7-13-2-1-3-15(10-13)16(18)19/h5-6,8-9,13,15H,1-4,7,10H2,(H,18,19)/t13-,15-/m0/s1. The lowest BCUT2D eigenvalue weighted by Crippen LogP contribution is -2.22. The first-order valence-corrected chi connectivity index (χ1v) is 6.91. The molecular formula is C16H19NO2. The number of benzene rings is 1. The monoisotopic (exact) mass is 257 g/mol. The van der Waals surface area contributed by atoms with E-state index in [0.29, 0.717) is 11.5 Å². The van der Waals surface area contributed by atoms with Gasteiger partial charge in [-0.05, 0) is 49.3 Å². The van der Waals surface area contributed by atoms with Crippen molar-refractivity contribution in [2.45, 2.75) is 38.5 Å². The fourth-order valence-corrected chi connectivity index (χ4v) is 2.89. The van der Waals surface area contributed by atoms with Crippen molar-refractivity contribution in [1.82, 2.24) is 0 Å². The largest absolute Gasteiger partial charge is 0.481 e. The van der Waals surface area contributed by atoms with Crippen LogP contribution < -0.4 is 0 Å². The summed E-state index contributed by atoms with van der Waals surface area (Å²) in [5.41, 5.74) is 1.92. The fourth-order valence-electron chi connectivity index (χ4n) is 2.89. The zero-order valence-electron chi connectivity index (χ0n) is 11.0. The van der Waals surface area contributed by atoms with Crippen molar-refractivity contribution in [3.63, 3.8) is 0 Å². The van der Waals surface area contributed by atoms with Gasteiger partial charge in [0.15, 0.2) is 0 Å². The van der Waals surface area contributed by atoms with Crippen LogP contribution in [0, 0.1) is 23.2 Å². The molecule has 1 aliphatic carbocycles. The SMILES string of the molecule is N#Cc1ccc(CC[C@@H]2CCC[C@H](C(=O)O)C2)cc1. The highest BCUT2D eigenvalue weighted by atomic mass is 16.4. The predicted octanol–water partition coefficient (Wildman–Crippen LogP) is 3.38. The molecular weight excluding hydrogens is 238 g/mol. The molecule has 0 aromatic heterocycles. The zero-order chi connectivity index (χ0) is 13.7. The molecule has 2 rings (SSSR count). The average Bonchev–Trinajstić information content (AvgIpc) is 2.46. The molecule has 0 saturated heterocycles. The summed E-state index contributed by atoms with van der Waals surface area (Å²) in [5, 5.41) is 17.8. The first-order chi connectivity index (χ1) is 9.19. The second-order valence-corrected chi connectivity index (χ2v) is 5.42. The molecule has 0 bridgehead atoms. The van der Waals surface area contributed by atoms with Gasteiger partial charge in [-0.15, -0.1) is 0 Å². The van der Waals surface area contributed by atoms with Crippen molar-refractivity contribution >= 4 is 5.97 Å². The lowest BCUT2D eigenvalue weighted by atomic mass is 9.79. The quantitative estimate of drug-likeness (QED) is 0.899. The number of aliphatic carboxylic acids is 1. The van der Waals surface area contributed by atoms with Crippen LogP contribution in [-0.2, 0) is 11.2 Å². The van der Waals surface area contributed by atoms with E-state index in [4.69, 9.17) is 10.4 Å². The highest BCUT2D eigenvalue weighted by Gasteiger charge is 2.26. The summed E-state index contributed by atoms with van der Waals surface area (Å²) in [4.78, 5) is 11.0. The van der Waals surface area contributed by atoms with Crippen LogP contribution in [0.3, 0.4) is 0 Å². The normalized spacial score (nSPS) is 22.7. The number of nitriles is 1. The second kappa shape index (κ2) is 6.38. The molecule has 0 aliphatic heterocycles. The van der Waals surface area contributed by atoms with Crippen molar-refractivity contribution in [2.24, 2.45) is 11.8 Å². The van der Waals surface area contributed by atoms with Crippen molar-refractivity contribution in [2.75, 3.05) is 0 Å². The maximum absolute atomic E-state index is 11.0. The van der Waals surface area contributed by atoms with Gasteiger partial charge in [-0.2, -0.15) is 5.26 Å². The summed E-state index contributed by atoms with van der Waals surface area (Å²) in [5.74, 6) is -0.242. The van der Waals surface area contributed by atoms with Gasteiger partial charge in [0, 0.05) is 0 Å². The predicted molar refractivity (Wildman–Crippen MR) is 72.6 cm³/mol. The number of hydrogen-bond donors (Lipinski definition) is 1. The van der Waals surface area contributed by atoms with Gasteiger partial charge in [0.05, 0.1) is 17.6 Å². The molecule has 1 aromatic rings. The van der Waals surface area contributed by atoms with Gasteiger partial charge in [0.1, 0.15) is 0 Å². The molecule has 1 aromatic carbocycles. The van der Waals surface area contributed by atoms with E-state index in [1.165, 1.54) is 5.56 Å².